The monoisotopic (exact) mass is 241 g/mol. The zero-order valence-corrected chi connectivity index (χ0v) is 10.5. The van der Waals surface area contributed by atoms with Crippen LogP contribution in [0.2, 0.25) is 0 Å². The minimum absolute atomic E-state index is 0.172. The Morgan fingerprint density at radius 1 is 1.33 bits per heavy atom. The number of nitrogens with zero attached hydrogens (tertiary/aromatic N) is 2. The molecule has 0 radical (unpaired) electrons. The maximum absolute atomic E-state index is 12.1. The van der Waals surface area contributed by atoms with Gasteiger partial charge in [0.2, 0.25) is 0 Å². The number of aryl methyl sites for hydroxylation is 2. The van der Waals surface area contributed by atoms with Crippen molar-refractivity contribution in [2.45, 2.75) is 20.3 Å². The highest BCUT2D eigenvalue weighted by Gasteiger charge is 2.11. The van der Waals surface area contributed by atoms with Crippen LogP contribution in [-0.4, -0.2) is 15.9 Å². The topological polar surface area (TPSA) is 54.9 Å². The zero-order chi connectivity index (χ0) is 13.0. The predicted octanol–water partition coefficient (Wildman–Crippen LogP) is 2.60. The van der Waals surface area contributed by atoms with E-state index in [0.717, 1.165) is 17.7 Å². The summed E-state index contributed by atoms with van der Waals surface area (Å²) in [5.74, 6) is -0.172. The lowest BCUT2D eigenvalue weighted by atomic mass is 10.1. The van der Waals surface area contributed by atoms with Crippen molar-refractivity contribution in [1.29, 1.82) is 0 Å². The van der Waals surface area contributed by atoms with E-state index >= 15 is 0 Å². The van der Waals surface area contributed by atoms with Crippen LogP contribution in [0, 0.1) is 6.92 Å². The van der Waals surface area contributed by atoms with Crippen LogP contribution in [-0.2, 0) is 6.42 Å². The normalized spacial score (nSPS) is 10.1. The van der Waals surface area contributed by atoms with Gasteiger partial charge in [0.25, 0.3) is 5.91 Å². The minimum atomic E-state index is -0.172. The molecule has 1 N–H and O–H groups in total. The fourth-order valence-corrected chi connectivity index (χ4v) is 1.75. The van der Waals surface area contributed by atoms with Crippen LogP contribution in [0.25, 0.3) is 0 Å². The van der Waals surface area contributed by atoms with Crippen LogP contribution < -0.4 is 5.32 Å². The molecule has 0 aliphatic heterocycles. The summed E-state index contributed by atoms with van der Waals surface area (Å²) in [6.45, 7) is 3.85. The van der Waals surface area contributed by atoms with Crippen LogP contribution in [0.5, 0.6) is 0 Å². The summed E-state index contributed by atoms with van der Waals surface area (Å²) in [5, 5.41) is 2.90. The molecule has 1 amide bonds. The Labute approximate surface area is 106 Å². The van der Waals surface area contributed by atoms with Crippen molar-refractivity contribution >= 4 is 11.6 Å². The molecular weight excluding hydrogens is 226 g/mol. The quantitative estimate of drug-likeness (QED) is 0.898. The lowest BCUT2D eigenvalue weighted by Gasteiger charge is -2.10. The third-order valence-corrected chi connectivity index (χ3v) is 2.80. The molecule has 0 aliphatic carbocycles. The van der Waals surface area contributed by atoms with E-state index in [-0.39, 0.29) is 5.91 Å². The van der Waals surface area contributed by atoms with Crippen LogP contribution in [0.1, 0.15) is 28.5 Å². The van der Waals surface area contributed by atoms with Gasteiger partial charge in [-0.05, 0) is 25.0 Å². The number of benzene rings is 1. The second-order valence-electron chi connectivity index (χ2n) is 3.99. The Morgan fingerprint density at radius 3 is 2.83 bits per heavy atom. The second kappa shape index (κ2) is 5.40. The van der Waals surface area contributed by atoms with E-state index in [1.54, 1.807) is 6.92 Å². The van der Waals surface area contributed by atoms with Crippen LogP contribution >= 0.6 is 0 Å². The summed E-state index contributed by atoms with van der Waals surface area (Å²) in [4.78, 5) is 20.0. The van der Waals surface area contributed by atoms with Gasteiger partial charge in [-0.15, -0.1) is 0 Å². The fraction of sp³-hybridized carbons (Fsp3) is 0.214. The molecule has 1 aromatic heterocycles. The van der Waals surface area contributed by atoms with Gasteiger partial charge in [0.05, 0.1) is 11.3 Å². The van der Waals surface area contributed by atoms with Crippen LogP contribution in [0.15, 0.2) is 36.8 Å². The summed E-state index contributed by atoms with van der Waals surface area (Å²) in [7, 11) is 0. The van der Waals surface area contributed by atoms with E-state index in [4.69, 9.17) is 0 Å². The van der Waals surface area contributed by atoms with Crippen molar-refractivity contribution in [2.24, 2.45) is 0 Å². The molecule has 0 atom stereocenters. The molecule has 0 saturated carbocycles. The molecule has 18 heavy (non-hydrogen) atoms. The van der Waals surface area contributed by atoms with E-state index in [9.17, 15) is 4.79 Å². The van der Waals surface area contributed by atoms with Gasteiger partial charge in [0.1, 0.15) is 6.33 Å². The van der Waals surface area contributed by atoms with E-state index in [1.165, 1.54) is 12.5 Å². The molecule has 92 valence electrons. The number of carbonyl (C=O) groups is 1. The van der Waals surface area contributed by atoms with Gasteiger partial charge < -0.3 is 5.32 Å². The first-order valence-corrected chi connectivity index (χ1v) is 5.88. The highest BCUT2D eigenvalue weighted by Crippen LogP contribution is 2.16. The van der Waals surface area contributed by atoms with Crippen molar-refractivity contribution in [1.82, 2.24) is 9.97 Å². The molecular formula is C14H15N3O. The first-order chi connectivity index (χ1) is 8.72. The van der Waals surface area contributed by atoms with E-state index in [2.05, 4.69) is 22.2 Å². The van der Waals surface area contributed by atoms with E-state index in [1.807, 2.05) is 24.3 Å². The SMILES string of the molecule is CCc1ccccc1NC(=O)c1cncnc1C. The number of rotatable bonds is 3. The van der Waals surface area contributed by atoms with Gasteiger partial charge >= 0.3 is 0 Å². The number of carbonyl (C=O) groups excluding carboxylic acids is 1. The molecule has 1 aromatic carbocycles. The summed E-state index contributed by atoms with van der Waals surface area (Å²) in [5.41, 5.74) is 3.13. The first-order valence-electron chi connectivity index (χ1n) is 5.88. The summed E-state index contributed by atoms with van der Waals surface area (Å²) in [6, 6.07) is 7.77. The largest absolute Gasteiger partial charge is 0.322 e. The molecule has 2 aromatic rings. The number of amides is 1. The molecule has 0 spiro atoms. The Hall–Kier alpha value is -2.23. The number of para-hydroxylation sites is 1. The summed E-state index contributed by atoms with van der Waals surface area (Å²) < 4.78 is 0. The number of hydrogen-bond acceptors (Lipinski definition) is 3. The average molecular weight is 241 g/mol. The minimum Gasteiger partial charge on any atom is -0.322 e. The first kappa shape index (κ1) is 12.2. The number of nitrogens with one attached hydrogen (secondary N) is 1. The van der Waals surface area contributed by atoms with Gasteiger partial charge in [-0.3, -0.25) is 4.79 Å². The van der Waals surface area contributed by atoms with Gasteiger partial charge in [-0.2, -0.15) is 0 Å². The third-order valence-electron chi connectivity index (χ3n) is 2.80. The molecule has 4 heteroatoms. The van der Waals surface area contributed by atoms with E-state index in [0.29, 0.717) is 11.3 Å². The molecule has 0 saturated heterocycles. The highest BCUT2D eigenvalue weighted by atomic mass is 16.1. The molecule has 0 bridgehead atoms. The van der Waals surface area contributed by atoms with Crippen molar-refractivity contribution < 1.29 is 4.79 Å². The Morgan fingerprint density at radius 2 is 2.11 bits per heavy atom. The molecule has 0 fully saturated rings. The molecule has 0 aliphatic rings. The number of aromatic nitrogens is 2. The fourth-order valence-electron chi connectivity index (χ4n) is 1.75. The summed E-state index contributed by atoms with van der Waals surface area (Å²) in [6.07, 6.45) is 3.85. The maximum atomic E-state index is 12.1. The van der Waals surface area contributed by atoms with Gasteiger partial charge in [-0.25, -0.2) is 9.97 Å². The highest BCUT2D eigenvalue weighted by molar-refractivity contribution is 6.05. The standard InChI is InChI=1S/C14H15N3O/c1-3-11-6-4-5-7-13(11)17-14(18)12-8-15-9-16-10(12)2/h4-9H,3H2,1-2H3,(H,17,18). The molecule has 1 heterocycles. The average Bonchev–Trinajstić information content (AvgIpc) is 2.39. The van der Waals surface area contributed by atoms with Gasteiger partial charge in [0, 0.05) is 11.9 Å². The van der Waals surface area contributed by atoms with Gasteiger partial charge in [-0.1, -0.05) is 25.1 Å². The van der Waals surface area contributed by atoms with Gasteiger partial charge in [0.15, 0.2) is 0 Å². The molecule has 4 nitrogen and oxygen atoms in total. The summed E-state index contributed by atoms with van der Waals surface area (Å²) >= 11 is 0. The zero-order valence-electron chi connectivity index (χ0n) is 10.5. The lowest BCUT2D eigenvalue weighted by Crippen LogP contribution is -2.15. The van der Waals surface area contributed by atoms with Crippen molar-refractivity contribution in [2.75, 3.05) is 5.32 Å². The number of hydrogen-bond donors (Lipinski definition) is 1. The Kier molecular flexibility index (Phi) is 3.67. The lowest BCUT2D eigenvalue weighted by molar-refractivity contribution is 0.102. The number of anilines is 1. The maximum Gasteiger partial charge on any atom is 0.259 e. The molecule has 0 unspecified atom stereocenters. The van der Waals surface area contributed by atoms with Crippen LogP contribution in [0.3, 0.4) is 0 Å². The van der Waals surface area contributed by atoms with Crippen molar-refractivity contribution in [3.63, 3.8) is 0 Å². The molecule has 2 rings (SSSR count). The Balaban J connectivity index is 2.24. The third kappa shape index (κ3) is 2.53. The van der Waals surface area contributed by atoms with Crippen LogP contribution in [0.4, 0.5) is 5.69 Å². The Bertz CT molecular complexity index is 566. The van der Waals surface area contributed by atoms with Crippen molar-refractivity contribution in [3.05, 3.63) is 53.6 Å². The van der Waals surface area contributed by atoms with E-state index < -0.39 is 0 Å². The predicted molar refractivity (Wildman–Crippen MR) is 70.5 cm³/mol. The smallest absolute Gasteiger partial charge is 0.259 e. The second-order valence-corrected chi connectivity index (χ2v) is 3.99. The van der Waals surface area contributed by atoms with Crippen molar-refractivity contribution in [3.8, 4) is 0 Å².